The molecule has 6 nitrogen and oxygen atoms in total. The van der Waals surface area contributed by atoms with Crippen molar-refractivity contribution in [2.24, 2.45) is 0 Å². The van der Waals surface area contributed by atoms with E-state index in [1.807, 2.05) is 39.8 Å². The molecule has 2 heterocycles. The van der Waals surface area contributed by atoms with Gasteiger partial charge < -0.3 is 4.90 Å². The van der Waals surface area contributed by atoms with E-state index in [-0.39, 0.29) is 6.54 Å². The molecule has 0 unspecified atom stereocenters. The molecule has 3 rings (SSSR count). The van der Waals surface area contributed by atoms with Crippen molar-refractivity contribution < 1.29 is 8.42 Å². The van der Waals surface area contributed by atoms with Gasteiger partial charge in [0, 0.05) is 18.8 Å². The Morgan fingerprint density at radius 3 is 2.30 bits per heavy atom. The summed E-state index contributed by atoms with van der Waals surface area (Å²) in [6.45, 7) is 9.71. The minimum atomic E-state index is -3.60. The summed E-state index contributed by atoms with van der Waals surface area (Å²) < 4.78 is 28.3. The lowest BCUT2D eigenvalue weighted by Gasteiger charge is -2.27. The molecule has 1 N–H and O–H groups in total. The first kappa shape index (κ1) is 19.8. The third-order valence-electron chi connectivity index (χ3n) is 5.06. The minimum Gasteiger partial charge on any atom is -0.341 e. The zero-order chi connectivity index (χ0) is 19.6. The van der Waals surface area contributed by atoms with Gasteiger partial charge in [0.1, 0.15) is 0 Å². The summed E-state index contributed by atoms with van der Waals surface area (Å²) in [4.78, 5) is 11.6. The maximum atomic E-state index is 12.8. The van der Waals surface area contributed by atoms with Crippen LogP contribution in [0.1, 0.15) is 47.3 Å². The molecule has 7 heteroatoms. The lowest BCUT2D eigenvalue weighted by molar-refractivity contribution is 0.565. The van der Waals surface area contributed by atoms with Crippen LogP contribution in [-0.2, 0) is 16.6 Å². The number of rotatable bonds is 5. The van der Waals surface area contributed by atoms with Crippen LogP contribution in [0.15, 0.2) is 23.1 Å². The lowest BCUT2D eigenvalue weighted by Crippen LogP contribution is -2.32. The maximum Gasteiger partial charge on any atom is 0.241 e. The number of aromatic nitrogens is 2. The van der Waals surface area contributed by atoms with E-state index >= 15 is 0 Å². The van der Waals surface area contributed by atoms with Gasteiger partial charge in [0.25, 0.3) is 0 Å². The largest absolute Gasteiger partial charge is 0.341 e. The quantitative estimate of drug-likeness (QED) is 0.851. The molecule has 1 aliphatic rings. The second-order valence-electron chi connectivity index (χ2n) is 7.37. The van der Waals surface area contributed by atoms with Gasteiger partial charge in [-0.1, -0.05) is 6.07 Å². The van der Waals surface area contributed by atoms with E-state index in [4.69, 9.17) is 0 Å². The van der Waals surface area contributed by atoms with E-state index < -0.39 is 10.0 Å². The van der Waals surface area contributed by atoms with Gasteiger partial charge in [0.2, 0.25) is 16.0 Å². The molecule has 0 amide bonds. The van der Waals surface area contributed by atoms with E-state index in [0.717, 1.165) is 48.3 Å². The summed E-state index contributed by atoms with van der Waals surface area (Å²) in [5, 5.41) is 0. The van der Waals surface area contributed by atoms with Gasteiger partial charge in [-0.2, -0.15) is 0 Å². The number of piperidine rings is 1. The molecule has 27 heavy (non-hydrogen) atoms. The molecular weight excluding hydrogens is 360 g/mol. The van der Waals surface area contributed by atoms with Crippen LogP contribution in [0, 0.1) is 27.7 Å². The van der Waals surface area contributed by atoms with Crippen LogP contribution in [-0.4, -0.2) is 31.5 Å². The van der Waals surface area contributed by atoms with E-state index in [0.29, 0.717) is 16.5 Å². The van der Waals surface area contributed by atoms with Crippen molar-refractivity contribution in [2.75, 3.05) is 18.0 Å². The Morgan fingerprint density at radius 1 is 0.926 bits per heavy atom. The molecule has 0 bridgehead atoms. The second-order valence-corrected chi connectivity index (χ2v) is 9.11. The summed E-state index contributed by atoms with van der Waals surface area (Å²) >= 11 is 0. The number of aryl methyl sites for hydroxylation is 4. The fourth-order valence-corrected chi connectivity index (χ4v) is 4.72. The molecule has 0 aliphatic carbocycles. The summed E-state index contributed by atoms with van der Waals surface area (Å²) in [7, 11) is -3.60. The standard InChI is InChI=1S/C20H28N4O2S/c1-14-10-16(3)19(11-15(14)2)27(25,26)21-13-18-12-17(4)22-20(23-18)24-8-6-5-7-9-24/h10-12,21H,5-9,13H2,1-4H3. The van der Waals surface area contributed by atoms with Crippen molar-refractivity contribution in [3.8, 4) is 0 Å². The van der Waals surface area contributed by atoms with Crippen molar-refractivity contribution in [1.82, 2.24) is 14.7 Å². The van der Waals surface area contributed by atoms with Crippen LogP contribution in [0.5, 0.6) is 0 Å². The predicted molar refractivity (Wildman–Crippen MR) is 108 cm³/mol. The molecule has 0 spiro atoms. The first-order valence-electron chi connectivity index (χ1n) is 9.43. The van der Waals surface area contributed by atoms with Gasteiger partial charge in [0.05, 0.1) is 17.1 Å². The van der Waals surface area contributed by atoms with Crippen molar-refractivity contribution >= 4 is 16.0 Å². The number of nitrogens with zero attached hydrogens (tertiary/aromatic N) is 3. The zero-order valence-electron chi connectivity index (χ0n) is 16.5. The van der Waals surface area contributed by atoms with Crippen LogP contribution in [0.2, 0.25) is 0 Å². The van der Waals surface area contributed by atoms with Crippen LogP contribution < -0.4 is 9.62 Å². The van der Waals surface area contributed by atoms with Crippen molar-refractivity contribution in [2.45, 2.75) is 58.4 Å². The second kappa shape index (κ2) is 7.94. The minimum absolute atomic E-state index is 0.152. The average molecular weight is 389 g/mol. The van der Waals surface area contributed by atoms with Crippen molar-refractivity contribution in [3.05, 3.63) is 46.3 Å². The molecule has 1 aromatic heterocycles. The van der Waals surface area contributed by atoms with E-state index in [9.17, 15) is 8.42 Å². The highest BCUT2D eigenvalue weighted by molar-refractivity contribution is 7.89. The molecule has 1 aliphatic heterocycles. The Balaban J connectivity index is 1.79. The third kappa shape index (κ3) is 4.65. The fourth-order valence-electron chi connectivity index (χ4n) is 3.41. The van der Waals surface area contributed by atoms with E-state index in [2.05, 4.69) is 19.6 Å². The maximum absolute atomic E-state index is 12.8. The summed E-state index contributed by atoms with van der Waals surface area (Å²) in [5.74, 6) is 0.700. The highest BCUT2D eigenvalue weighted by atomic mass is 32.2. The number of nitrogens with one attached hydrogen (secondary N) is 1. The third-order valence-corrected chi connectivity index (χ3v) is 6.60. The number of benzene rings is 1. The van der Waals surface area contributed by atoms with E-state index in [1.54, 1.807) is 6.07 Å². The predicted octanol–water partition coefficient (Wildman–Crippen LogP) is 3.18. The Hall–Kier alpha value is -1.99. The summed E-state index contributed by atoms with van der Waals surface area (Å²) in [6.07, 6.45) is 3.53. The highest BCUT2D eigenvalue weighted by Crippen LogP contribution is 2.21. The molecule has 146 valence electrons. The number of hydrogen-bond donors (Lipinski definition) is 1. The monoisotopic (exact) mass is 388 g/mol. The van der Waals surface area contributed by atoms with Crippen molar-refractivity contribution in [1.29, 1.82) is 0 Å². The zero-order valence-corrected chi connectivity index (χ0v) is 17.4. The SMILES string of the molecule is Cc1cc(CNS(=O)(=O)c2cc(C)c(C)cc2C)nc(N2CCCCC2)n1. The topological polar surface area (TPSA) is 75.2 Å². The van der Waals surface area contributed by atoms with Crippen LogP contribution in [0.25, 0.3) is 0 Å². The number of sulfonamides is 1. The Labute approximate surface area is 162 Å². The molecule has 0 atom stereocenters. The van der Waals surface area contributed by atoms with Crippen LogP contribution >= 0.6 is 0 Å². The first-order chi connectivity index (χ1) is 12.8. The Bertz CT molecular complexity index is 935. The van der Waals surface area contributed by atoms with Gasteiger partial charge in [-0.3, -0.25) is 0 Å². The summed E-state index contributed by atoms with van der Waals surface area (Å²) in [5.41, 5.74) is 4.34. The normalized spacial score (nSPS) is 15.2. The van der Waals surface area contributed by atoms with Crippen molar-refractivity contribution in [3.63, 3.8) is 0 Å². The number of anilines is 1. The molecule has 2 aromatic rings. The van der Waals surface area contributed by atoms with Crippen LogP contribution in [0.3, 0.4) is 0 Å². The fraction of sp³-hybridized carbons (Fsp3) is 0.500. The highest BCUT2D eigenvalue weighted by Gasteiger charge is 2.19. The van der Waals surface area contributed by atoms with Gasteiger partial charge in [0.15, 0.2) is 0 Å². The molecule has 1 aromatic carbocycles. The number of hydrogen-bond acceptors (Lipinski definition) is 5. The first-order valence-corrected chi connectivity index (χ1v) is 10.9. The van der Waals surface area contributed by atoms with Crippen LogP contribution in [0.4, 0.5) is 5.95 Å². The van der Waals surface area contributed by atoms with Gasteiger partial charge in [-0.15, -0.1) is 0 Å². The average Bonchev–Trinajstić information content (AvgIpc) is 2.63. The summed E-state index contributed by atoms with van der Waals surface area (Å²) in [6, 6.07) is 5.48. The molecule has 1 fully saturated rings. The molecular formula is C20H28N4O2S. The Kier molecular flexibility index (Phi) is 5.81. The molecule has 0 radical (unpaired) electrons. The smallest absolute Gasteiger partial charge is 0.241 e. The molecule has 1 saturated heterocycles. The molecule has 0 saturated carbocycles. The van der Waals surface area contributed by atoms with Gasteiger partial charge in [-0.25, -0.2) is 23.1 Å². The lowest BCUT2D eigenvalue weighted by atomic mass is 10.1. The Morgan fingerprint density at radius 2 is 1.59 bits per heavy atom. The van der Waals surface area contributed by atoms with Gasteiger partial charge in [-0.05, 0) is 75.8 Å². The van der Waals surface area contributed by atoms with E-state index in [1.165, 1.54) is 6.42 Å². The van der Waals surface area contributed by atoms with Gasteiger partial charge >= 0.3 is 0 Å².